The van der Waals surface area contributed by atoms with Crippen molar-refractivity contribution in [3.8, 4) is 16.2 Å². The van der Waals surface area contributed by atoms with Gasteiger partial charge in [0, 0.05) is 15.8 Å². The molecule has 1 unspecified atom stereocenters. The van der Waals surface area contributed by atoms with Gasteiger partial charge in [0.05, 0.1) is 23.6 Å². The molecule has 1 aromatic carbocycles. The first-order valence-corrected chi connectivity index (χ1v) is 11.4. The predicted molar refractivity (Wildman–Crippen MR) is 117 cm³/mol. The van der Waals surface area contributed by atoms with E-state index in [4.69, 9.17) is 10.5 Å². The average Bonchev–Trinajstić information content (AvgIpc) is 3.49. The van der Waals surface area contributed by atoms with Crippen LogP contribution in [-0.4, -0.2) is 23.2 Å². The Kier molecular flexibility index (Phi) is 5.16. The fourth-order valence-corrected chi connectivity index (χ4v) is 6.13. The number of thiophene rings is 1. The van der Waals surface area contributed by atoms with Crippen molar-refractivity contribution in [2.45, 2.75) is 50.5 Å². The van der Waals surface area contributed by atoms with Crippen LogP contribution in [0, 0.1) is 5.82 Å². The molecule has 1 atom stereocenters. The molecule has 32 heavy (non-hydrogen) atoms. The molecule has 3 N–H and O–H groups in total. The van der Waals surface area contributed by atoms with Crippen molar-refractivity contribution in [2.75, 3.05) is 13.7 Å². The lowest BCUT2D eigenvalue weighted by molar-refractivity contribution is 0.148. The number of benzene rings is 1. The molecule has 0 bridgehead atoms. The van der Waals surface area contributed by atoms with Gasteiger partial charge in [0.2, 0.25) is 0 Å². The number of aromatic amines is 1. The third-order valence-electron chi connectivity index (χ3n) is 6.41. The Balaban J connectivity index is 1.92. The summed E-state index contributed by atoms with van der Waals surface area (Å²) in [5, 5.41) is -0.536. The Morgan fingerprint density at radius 3 is 2.69 bits per heavy atom. The standard InChI is InChI=1S/C22H22F3N3O3S/c1-31-19-14(13-7-11-9(8-26)3-2-4-12(11)32-13)17(23)15(20(24)25)16-18(19)28(10-5-6-10)22(30)27-21(16)29/h7,9-10,20H,2-6,8,26H2,1H3,(H,27,29,30). The quantitative estimate of drug-likeness (QED) is 0.591. The summed E-state index contributed by atoms with van der Waals surface area (Å²) in [6, 6.07) is 1.54. The molecule has 0 amide bonds. The molecule has 3 aromatic rings. The Bertz CT molecular complexity index is 1340. The number of fused-ring (bicyclic) bond motifs is 2. The molecule has 10 heteroatoms. The summed E-state index contributed by atoms with van der Waals surface area (Å²) >= 11 is 1.32. The normalized spacial score (nSPS) is 18.4. The highest BCUT2D eigenvalue weighted by Crippen LogP contribution is 2.49. The smallest absolute Gasteiger partial charge is 0.329 e. The molecule has 0 saturated heterocycles. The van der Waals surface area contributed by atoms with Gasteiger partial charge in [0.25, 0.3) is 12.0 Å². The summed E-state index contributed by atoms with van der Waals surface area (Å²) in [6.07, 6.45) is 0.738. The fourth-order valence-electron chi connectivity index (χ4n) is 4.81. The van der Waals surface area contributed by atoms with Gasteiger partial charge >= 0.3 is 5.69 Å². The molecular weight excluding hydrogens is 443 g/mol. The lowest BCUT2D eigenvalue weighted by atomic mass is 9.87. The zero-order valence-electron chi connectivity index (χ0n) is 17.3. The second kappa shape index (κ2) is 7.77. The summed E-state index contributed by atoms with van der Waals surface area (Å²) in [4.78, 5) is 28.8. The van der Waals surface area contributed by atoms with E-state index >= 15 is 4.39 Å². The van der Waals surface area contributed by atoms with E-state index in [-0.39, 0.29) is 28.8 Å². The van der Waals surface area contributed by atoms with Crippen LogP contribution < -0.4 is 21.7 Å². The van der Waals surface area contributed by atoms with Gasteiger partial charge in [-0.1, -0.05) is 0 Å². The monoisotopic (exact) mass is 465 g/mol. The Hall–Kier alpha value is -2.59. The van der Waals surface area contributed by atoms with E-state index in [2.05, 4.69) is 4.98 Å². The molecule has 1 saturated carbocycles. The first kappa shape index (κ1) is 21.3. The molecule has 2 aliphatic carbocycles. The largest absolute Gasteiger partial charge is 0.494 e. The number of nitrogens with zero attached hydrogens (tertiary/aromatic N) is 1. The van der Waals surface area contributed by atoms with Crippen LogP contribution in [0.25, 0.3) is 21.3 Å². The van der Waals surface area contributed by atoms with Gasteiger partial charge in [-0.25, -0.2) is 18.0 Å². The number of hydrogen-bond acceptors (Lipinski definition) is 5. The van der Waals surface area contributed by atoms with Crippen molar-refractivity contribution in [2.24, 2.45) is 5.73 Å². The third-order valence-corrected chi connectivity index (χ3v) is 7.64. The van der Waals surface area contributed by atoms with Crippen LogP contribution in [-0.2, 0) is 6.42 Å². The molecule has 2 heterocycles. The van der Waals surface area contributed by atoms with Crippen molar-refractivity contribution in [3.63, 3.8) is 0 Å². The van der Waals surface area contributed by atoms with E-state index in [9.17, 15) is 18.4 Å². The van der Waals surface area contributed by atoms with Crippen molar-refractivity contribution >= 4 is 22.2 Å². The highest BCUT2D eigenvalue weighted by Gasteiger charge is 2.35. The van der Waals surface area contributed by atoms with Gasteiger partial charge in [-0.15, -0.1) is 11.3 Å². The van der Waals surface area contributed by atoms with Gasteiger partial charge in [-0.3, -0.25) is 14.3 Å². The van der Waals surface area contributed by atoms with E-state index in [1.807, 2.05) is 0 Å². The second-order valence-electron chi connectivity index (χ2n) is 8.33. The number of alkyl halides is 2. The minimum absolute atomic E-state index is 0.0695. The maximum Gasteiger partial charge on any atom is 0.329 e. The Morgan fingerprint density at radius 1 is 1.31 bits per heavy atom. The highest BCUT2D eigenvalue weighted by molar-refractivity contribution is 7.15. The second-order valence-corrected chi connectivity index (χ2v) is 9.47. The highest BCUT2D eigenvalue weighted by atomic mass is 32.1. The number of methoxy groups -OCH3 is 1. The number of rotatable bonds is 5. The van der Waals surface area contributed by atoms with Gasteiger partial charge < -0.3 is 10.5 Å². The van der Waals surface area contributed by atoms with Gasteiger partial charge in [-0.2, -0.15) is 0 Å². The minimum Gasteiger partial charge on any atom is -0.494 e. The molecule has 0 aliphatic heterocycles. The number of ether oxygens (including phenoxy) is 1. The number of hydrogen-bond donors (Lipinski definition) is 2. The maximum absolute atomic E-state index is 15.7. The lowest BCUT2D eigenvalue weighted by Gasteiger charge is -2.20. The first-order chi connectivity index (χ1) is 15.4. The van der Waals surface area contributed by atoms with Crippen LogP contribution in [0.5, 0.6) is 5.75 Å². The zero-order chi connectivity index (χ0) is 22.7. The maximum atomic E-state index is 15.7. The summed E-state index contributed by atoms with van der Waals surface area (Å²) < 4.78 is 50.8. The minimum atomic E-state index is -3.25. The Morgan fingerprint density at radius 2 is 2.06 bits per heavy atom. The summed E-state index contributed by atoms with van der Waals surface area (Å²) in [6.45, 7) is 0.444. The van der Waals surface area contributed by atoms with Crippen molar-refractivity contribution in [1.82, 2.24) is 9.55 Å². The van der Waals surface area contributed by atoms with E-state index in [1.54, 1.807) is 6.07 Å². The number of aromatic nitrogens is 2. The van der Waals surface area contributed by atoms with Crippen LogP contribution in [0.1, 0.15) is 60.1 Å². The molecule has 6 nitrogen and oxygen atoms in total. The molecule has 2 aliphatic rings. The van der Waals surface area contributed by atoms with Crippen LogP contribution >= 0.6 is 11.3 Å². The van der Waals surface area contributed by atoms with Crippen LogP contribution in [0.2, 0.25) is 0 Å². The molecule has 0 radical (unpaired) electrons. The number of nitrogens with two attached hydrogens (primary N) is 1. The van der Waals surface area contributed by atoms with Crippen LogP contribution in [0.4, 0.5) is 13.2 Å². The fraction of sp³-hybridized carbons (Fsp3) is 0.455. The average molecular weight is 465 g/mol. The molecule has 1 fully saturated rings. The summed E-state index contributed by atoms with van der Waals surface area (Å²) in [5.41, 5.74) is 3.95. The number of nitrogens with one attached hydrogen (secondary N) is 1. The molecule has 170 valence electrons. The van der Waals surface area contributed by atoms with Crippen molar-refractivity contribution < 1.29 is 17.9 Å². The first-order valence-electron chi connectivity index (χ1n) is 10.6. The van der Waals surface area contributed by atoms with Crippen LogP contribution in [0.15, 0.2) is 15.7 Å². The predicted octanol–water partition coefficient (Wildman–Crippen LogP) is 4.22. The number of H-pyrrole nitrogens is 1. The van der Waals surface area contributed by atoms with Crippen molar-refractivity contribution in [3.05, 3.63) is 48.7 Å². The van der Waals surface area contributed by atoms with Crippen LogP contribution in [0.3, 0.4) is 0 Å². The van der Waals surface area contributed by atoms with E-state index in [0.29, 0.717) is 24.3 Å². The molecule has 5 rings (SSSR count). The van der Waals surface area contributed by atoms with E-state index < -0.39 is 34.4 Å². The zero-order valence-corrected chi connectivity index (χ0v) is 18.2. The molecule has 0 spiro atoms. The topological polar surface area (TPSA) is 90.1 Å². The lowest BCUT2D eigenvalue weighted by Crippen LogP contribution is -2.31. The van der Waals surface area contributed by atoms with Gasteiger partial charge in [0.15, 0.2) is 5.75 Å². The molecule has 2 aromatic heterocycles. The van der Waals surface area contributed by atoms with E-state index in [0.717, 1.165) is 29.7 Å². The number of halogens is 3. The van der Waals surface area contributed by atoms with Gasteiger partial charge in [-0.05, 0) is 56.2 Å². The Labute approximate surface area is 184 Å². The van der Waals surface area contributed by atoms with Gasteiger partial charge in [0.1, 0.15) is 11.3 Å². The third kappa shape index (κ3) is 3.11. The summed E-state index contributed by atoms with van der Waals surface area (Å²) in [5.74, 6) is -1.14. The van der Waals surface area contributed by atoms with E-state index in [1.165, 1.54) is 23.0 Å². The summed E-state index contributed by atoms with van der Waals surface area (Å²) in [7, 11) is 1.29. The molecular formula is C22H22F3N3O3S. The SMILES string of the molecule is COc1c(-c2cc3c(s2)CCCC3CN)c(F)c(C(F)F)c2c(=O)[nH]c(=O)n(C3CC3)c12. The van der Waals surface area contributed by atoms with Crippen molar-refractivity contribution in [1.29, 1.82) is 0 Å². The number of aryl methyl sites for hydroxylation is 1.